The minimum atomic E-state index is 0.0154. The van der Waals surface area contributed by atoms with Crippen molar-refractivity contribution in [2.24, 2.45) is 0 Å². The Labute approximate surface area is 28.5 Å². The first-order valence-electron chi connectivity index (χ1n) is 1.09. The summed E-state index contributed by atoms with van der Waals surface area (Å²) in [4.78, 5) is 7.85. The molecule has 1 radical (unpaired) electrons. The average molecular weight is 74.8 g/mol. The van der Waals surface area contributed by atoms with Crippen molar-refractivity contribution in [3.63, 3.8) is 0 Å². The molecule has 1 N–H and O–H groups in total. The Morgan fingerprint density at radius 1 is 2.00 bits per heavy atom. The molecule has 0 spiro atoms. The number of hydrogen-bond donors (Lipinski definition) is 1. The normalized spacial score (nSPS) is 9.50. The first-order chi connectivity index (χ1) is 1.91. The van der Waals surface area contributed by atoms with Gasteiger partial charge in [0.05, 0.1) is 0 Å². The van der Waals surface area contributed by atoms with Crippen LogP contribution in [-0.4, -0.2) is 11.9 Å². The van der Waals surface area contributed by atoms with Crippen molar-refractivity contribution in [2.45, 2.75) is 6.82 Å². The Hall–Kier alpha value is 0.455. The first-order valence-corrected chi connectivity index (χ1v) is 2.11. The number of hydrogen-bond acceptors (Lipinski definition) is 1. The van der Waals surface area contributed by atoms with Gasteiger partial charge in [0, 0.05) is 0 Å². The van der Waals surface area contributed by atoms with E-state index in [-0.39, 0.29) is 8.69 Å². The number of rotatable bonds is 1. The molecular formula is CH5BOP. The van der Waals surface area contributed by atoms with Crippen LogP contribution in [-0.2, 0) is 0 Å². The highest BCUT2D eigenvalue weighted by atomic mass is 31.1. The summed E-state index contributed by atoms with van der Waals surface area (Å²) in [5, 5.41) is 0. The summed E-state index contributed by atoms with van der Waals surface area (Å²) in [6, 6.07) is 0. The molecule has 0 bridgehead atoms. The standard InChI is InChI=1S/CH5BOP/c1-2-4-3/h3-4H,1H3. The van der Waals surface area contributed by atoms with Crippen molar-refractivity contribution in [1.82, 2.24) is 0 Å². The second-order valence-corrected chi connectivity index (χ2v) is 1.25. The fourth-order valence-corrected chi connectivity index (χ4v) is 0. The van der Waals surface area contributed by atoms with Gasteiger partial charge in [-0.1, -0.05) is 6.82 Å². The SMILES string of the molecule is C[B]PO. The van der Waals surface area contributed by atoms with Gasteiger partial charge >= 0.3 is 0 Å². The van der Waals surface area contributed by atoms with Gasteiger partial charge in [-0.05, 0) is 8.69 Å². The maximum absolute atomic E-state index is 7.85. The van der Waals surface area contributed by atoms with Crippen molar-refractivity contribution in [2.75, 3.05) is 0 Å². The molecule has 1 atom stereocenters. The molecule has 1 nitrogen and oxygen atoms in total. The highest BCUT2D eigenvalue weighted by Crippen LogP contribution is 1.91. The van der Waals surface area contributed by atoms with Gasteiger partial charge in [0.25, 0.3) is 0 Å². The van der Waals surface area contributed by atoms with Gasteiger partial charge in [0.15, 0.2) is 7.00 Å². The highest BCUT2D eigenvalue weighted by molar-refractivity contribution is 7.66. The van der Waals surface area contributed by atoms with Crippen LogP contribution in [0.15, 0.2) is 0 Å². The zero-order chi connectivity index (χ0) is 3.41. The highest BCUT2D eigenvalue weighted by Gasteiger charge is 1.62. The molecule has 0 aromatic heterocycles. The smallest absolute Gasteiger partial charge is 0.175 e. The van der Waals surface area contributed by atoms with Gasteiger partial charge in [-0.3, -0.25) is 0 Å². The molecule has 0 aromatic carbocycles. The molecule has 4 heavy (non-hydrogen) atoms. The molecule has 0 aromatic rings. The molecule has 0 aliphatic heterocycles. The second kappa shape index (κ2) is 3.45. The van der Waals surface area contributed by atoms with E-state index in [1.807, 2.05) is 6.82 Å². The van der Waals surface area contributed by atoms with Crippen LogP contribution in [0.4, 0.5) is 0 Å². The van der Waals surface area contributed by atoms with E-state index >= 15 is 0 Å². The molecule has 0 heterocycles. The van der Waals surface area contributed by atoms with Gasteiger partial charge in [-0.25, -0.2) is 0 Å². The predicted molar refractivity (Wildman–Crippen MR) is 22.2 cm³/mol. The topological polar surface area (TPSA) is 20.2 Å². The summed E-state index contributed by atoms with van der Waals surface area (Å²) in [7, 11) is 0.0154. The van der Waals surface area contributed by atoms with Crippen LogP contribution in [0, 0.1) is 0 Å². The third kappa shape index (κ3) is 2.45. The fourth-order valence-electron chi connectivity index (χ4n) is 0. The van der Waals surface area contributed by atoms with E-state index in [9.17, 15) is 0 Å². The van der Waals surface area contributed by atoms with Gasteiger partial charge in [-0.15, -0.1) is 0 Å². The molecule has 0 amide bonds. The Morgan fingerprint density at radius 2 is 2.25 bits per heavy atom. The van der Waals surface area contributed by atoms with Gasteiger partial charge in [0.2, 0.25) is 0 Å². The summed E-state index contributed by atoms with van der Waals surface area (Å²) >= 11 is 0. The quantitative estimate of drug-likeness (QED) is 0.349. The maximum Gasteiger partial charge on any atom is 0.175 e. The summed E-state index contributed by atoms with van der Waals surface area (Å²) in [5.74, 6) is 0. The van der Waals surface area contributed by atoms with Gasteiger partial charge in [0.1, 0.15) is 0 Å². The molecule has 0 saturated carbocycles. The van der Waals surface area contributed by atoms with Crippen molar-refractivity contribution in [1.29, 1.82) is 0 Å². The Morgan fingerprint density at radius 3 is 2.25 bits per heavy atom. The molecule has 0 fully saturated rings. The van der Waals surface area contributed by atoms with E-state index in [0.29, 0.717) is 0 Å². The van der Waals surface area contributed by atoms with E-state index in [1.54, 1.807) is 7.00 Å². The predicted octanol–water partition coefficient (Wildman–Crippen LogP) is 0.239. The first kappa shape index (κ1) is 4.45. The molecular weight excluding hydrogens is 69.8 g/mol. The van der Waals surface area contributed by atoms with E-state index in [1.165, 1.54) is 0 Å². The average Bonchev–Trinajstić information content (AvgIpc) is 1.37. The van der Waals surface area contributed by atoms with Crippen LogP contribution >= 0.6 is 8.69 Å². The monoisotopic (exact) mass is 75.0 g/mol. The Kier molecular flexibility index (Phi) is 3.85. The lowest BCUT2D eigenvalue weighted by atomic mass is 10.2. The van der Waals surface area contributed by atoms with Crippen molar-refractivity contribution < 1.29 is 4.89 Å². The molecule has 0 aliphatic carbocycles. The van der Waals surface area contributed by atoms with Crippen LogP contribution in [0.3, 0.4) is 0 Å². The van der Waals surface area contributed by atoms with Crippen LogP contribution in [0.2, 0.25) is 6.82 Å². The fraction of sp³-hybridized carbons (Fsp3) is 1.00. The van der Waals surface area contributed by atoms with Crippen LogP contribution in [0.25, 0.3) is 0 Å². The van der Waals surface area contributed by atoms with E-state index < -0.39 is 0 Å². The Balaban J connectivity index is 1.97. The lowest BCUT2D eigenvalue weighted by Gasteiger charge is -1.66. The Bertz CT molecular complexity index is 10.0. The van der Waals surface area contributed by atoms with Crippen LogP contribution in [0.1, 0.15) is 0 Å². The molecule has 3 heteroatoms. The largest absolute Gasteiger partial charge is 0.387 e. The summed E-state index contributed by atoms with van der Waals surface area (Å²) in [6.45, 7) is 3.53. The molecule has 1 unspecified atom stereocenters. The molecule has 0 saturated heterocycles. The molecule has 23 valence electrons. The van der Waals surface area contributed by atoms with Gasteiger partial charge in [-0.2, -0.15) is 0 Å². The van der Waals surface area contributed by atoms with Crippen molar-refractivity contribution in [3.05, 3.63) is 0 Å². The van der Waals surface area contributed by atoms with Crippen LogP contribution < -0.4 is 0 Å². The third-order valence-corrected chi connectivity index (χ3v) is 0.387. The van der Waals surface area contributed by atoms with Crippen molar-refractivity contribution >= 4 is 15.7 Å². The lowest BCUT2D eigenvalue weighted by Crippen LogP contribution is -1.56. The minimum absolute atomic E-state index is 0.0154. The zero-order valence-electron chi connectivity index (χ0n) is 2.52. The van der Waals surface area contributed by atoms with Crippen LogP contribution in [0.5, 0.6) is 0 Å². The lowest BCUT2D eigenvalue weighted by molar-refractivity contribution is 0.658. The summed E-state index contributed by atoms with van der Waals surface area (Å²) in [6.07, 6.45) is 0. The van der Waals surface area contributed by atoms with E-state index in [2.05, 4.69) is 0 Å². The second-order valence-electron chi connectivity index (χ2n) is 0.418. The van der Waals surface area contributed by atoms with Crippen molar-refractivity contribution in [3.8, 4) is 0 Å². The van der Waals surface area contributed by atoms with E-state index in [4.69, 9.17) is 4.89 Å². The molecule has 0 rings (SSSR count). The maximum atomic E-state index is 7.85. The zero-order valence-corrected chi connectivity index (χ0v) is 3.52. The summed E-state index contributed by atoms with van der Waals surface area (Å²) < 4.78 is 0. The molecule has 0 aliphatic rings. The minimum Gasteiger partial charge on any atom is -0.387 e. The third-order valence-electron chi connectivity index (χ3n) is 0.129. The summed E-state index contributed by atoms with van der Waals surface area (Å²) in [5.41, 5.74) is 0. The van der Waals surface area contributed by atoms with E-state index in [0.717, 1.165) is 0 Å². The van der Waals surface area contributed by atoms with Gasteiger partial charge < -0.3 is 4.89 Å².